The molecule has 0 fully saturated rings. The van der Waals surface area contributed by atoms with E-state index in [4.69, 9.17) is 23.2 Å². The van der Waals surface area contributed by atoms with Gasteiger partial charge in [-0.15, -0.1) is 23.2 Å². The van der Waals surface area contributed by atoms with Crippen LogP contribution in [0.4, 0.5) is 8.78 Å². The van der Waals surface area contributed by atoms with Crippen LogP contribution in [0.3, 0.4) is 0 Å². The molecule has 0 amide bonds. The van der Waals surface area contributed by atoms with Crippen molar-refractivity contribution in [1.82, 2.24) is 18.8 Å². The van der Waals surface area contributed by atoms with Gasteiger partial charge in [0.1, 0.15) is 27.4 Å². The van der Waals surface area contributed by atoms with E-state index in [1.165, 1.54) is 30.3 Å². The average Bonchev–Trinajstić information content (AvgIpc) is 2.72. The van der Waals surface area contributed by atoms with Crippen molar-refractivity contribution in [3.63, 3.8) is 0 Å². The SMILES string of the molecule is O=c1c(Br)c(CCl)nc2ccc(F)cn12.O=c1cc(CCl)nc2ccc(F)cn12. The molecule has 0 aliphatic rings. The van der Waals surface area contributed by atoms with E-state index in [1.807, 2.05) is 0 Å². The molecule has 0 N–H and O–H groups in total. The zero-order chi connectivity index (χ0) is 21.1. The van der Waals surface area contributed by atoms with Crippen molar-refractivity contribution in [2.45, 2.75) is 11.8 Å². The quantitative estimate of drug-likeness (QED) is 0.389. The number of nitrogens with zero attached hydrogens (tertiary/aromatic N) is 4. The number of rotatable bonds is 2. The summed E-state index contributed by atoms with van der Waals surface area (Å²) in [5.41, 5.74) is 1.02. The summed E-state index contributed by atoms with van der Waals surface area (Å²) in [5, 5.41) is 0. The van der Waals surface area contributed by atoms with Crippen LogP contribution in [0.25, 0.3) is 11.3 Å². The Hall–Kier alpha value is -2.36. The fourth-order valence-electron chi connectivity index (χ4n) is 2.42. The van der Waals surface area contributed by atoms with Crippen LogP contribution in [0.15, 0.2) is 56.8 Å². The summed E-state index contributed by atoms with van der Waals surface area (Å²) in [4.78, 5) is 31.3. The van der Waals surface area contributed by atoms with Gasteiger partial charge in [-0.1, -0.05) is 0 Å². The van der Waals surface area contributed by atoms with Crippen LogP contribution in [0.5, 0.6) is 0 Å². The minimum atomic E-state index is -0.489. The second kappa shape index (κ2) is 8.98. The first kappa shape index (κ1) is 21.4. The number of hydrogen-bond donors (Lipinski definition) is 0. The van der Waals surface area contributed by atoms with Gasteiger partial charge in [-0.25, -0.2) is 18.7 Å². The molecule has 0 aromatic carbocycles. The van der Waals surface area contributed by atoms with E-state index in [2.05, 4.69) is 25.9 Å². The van der Waals surface area contributed by atoms with Crippen LogP contribution in [0, 0.1) is 11.6 Å². The Labute approximate surface area is 180 Å². The lowest BCUT2D eigenvalue weighted by atomic mass is 10.4. The molecule has 0 aliphatic heterocycles. The fourth-order valence-corrected chi connectivity index (χ4v) is 3.33. The normalized spacial score (nSPS) is 10.8. The van der Waals surface area contributed by atoms with Gasteiger partial charge >= 0.3 is 0 Å². The largest absolute Gasteiger partial charge is 0.272 e. The Balaban J connectivity index is 0.000000166. The number of aromatic nitrogens is 4. The zero-order valence-corrected chi connectivity index (χ0v) is 17.5. The lowest BCUT2D eigenvalue weighted by molar-refractivity contribution is 0.616. The molecule has 4 aromatic rings. The highest BCUT2D eigenvalue weighted by Gasteiger charge is 2.09. The highest BCUT2D eigenvalue weighted by Crippen LogP contribution is 2.13. The molecule has 6 nitrogen and oxygen atoms in total. The van der Waals surface area contributed by atoms with Crippen molar-refractivity contribution < 1.29 is 8.78 Å². The fraction of sp³-hybridized carbons (Fsp3) is 0.111. The Morgan fingerprint density at radius 3 is 2.07 bits per heavy atom. The van der Waals surface area contributed by atoms with E-state index in [-0.39, 0.29) is 27.4 Å². The van der Waals surface area contributed by atoms with Gasteiger partial charge in [-0.2, -0.15) is 0 Å². The topological polar surface area (TPSA) is 68.7 Å². The van der Waals surface area contributed by atoms with Gasteiger partial charge in [0.25, 0.3) is 11.1 Å². The molecule has 0 saturated carbocycles. The van der Waals surface area contributed by atoms with Gasteiger partial charge in [-0.05, 0) is 40.2 Å². The molecule has 0 saturated heterocycles. The lowest BCUT2D eigenvalue weighted by Gasteiger charge is -2.03. The summed E-state index contributed by atoms with van der Waals surface area (Å²) in [5.74, 6) is -0.663. The van der Waals surface area contributed by atoms with Gasteiger partial charge in [-0.3, -0.25) is 18.4 Å². The van der Waals surface area contributed by atoms with Crippen molar-refractivity contribution in [3.8, 4) is 0 Å². The molecule has 150 valence electrons. The molecule has 29 heavy (non-hydrogen) atoms. The molecular formula is C18H11BrCl2F2N4O2. The van der Waals surface area contributed by atoms with Gasteiger partial charge in [0.15, 0.2) is 0 Å². The first-order valence-electron chi connectivity index (χ1n) is 8.00. The molecular weight excluding hydrogens is 493 g/mol. The van der Waals surface area contributed by atoms with Crippen molar-refractivity contribution >= 4 is 50.4 Å². The summed E-state index contributed by atoms with van der Waals surface area (Å²) in [6, 6.07) is 6.65. The van der Waals surface area contributed by atoms with E-state index < -0.39 is 11.6 Å². The van der Waals surface area contributed by atoms with Crippen LogP contribution < -0.4 is 11.1 Å². The standard InChI is InChI=1S/C9H5BrClFN2O.C9H6ClFN2O/c10-8-6(3-11)13-7-2-1-5(12)4-14(7)9(8)15;10-4-7-3-9(14)13-5-6(11)1-2-8(13)12-7/h1-2,4H,3H2;1-3,5H,4H2. The van der Waals surface area contributed by atoms with E-state index >= 15 is 0 Å². The van der Waals surface area contributed by atoms with E-state index in [9.17, 15) is 18.4 Å². The van der Waals surface area contributed by atoms with Crippen LogP contribution in [-0.2, 0) is 11.8 Å². The Morgan fingerprint density at radius 2 is 1.48 bits per heavy atom. The summed E-state index contributed by atoms with van der Waals surface area (Å²) in [6.07, 6.45) is 2.19. The van der Waals surface area contributed by atoms with Crippen molar-refractivity contribution in [1.29, 1.82) is 0 Å². The first-order valence-corrected chi connectivity index (χ1v) is 9.86. The third-order valence-corrected chi connectivity index (χ3v) is 5.06. The monoisotopic (exact) mass is 502 g/mol. The molecule has 0 spiro atoms. The van der Waals surface area contributed by atoms with Crippen molar-refractivity contribution in [2.24, 2.45) is 0 Å². The zero-order valence-electron chi connectivity index (χ0n) is 14.5. The summed E-state index contributed by atoms with van der Waals surface area (Å²) in [6.45, 7) is 0. The Bertz CT molecular complexity index is 1330. The average molecular weight is 504 g/mol. The van der Waals surface area contributed by atoms with Crippen LogP contribution in [0.1, 0.15) is 11.4 Å². The third-order valence-electron chi connectivity index (χ3n) is 3.74. The predicted molar refractivity (Wildman–Crippen MR) is 110 cm³/mol. The third kappa shape index (κ3) is 4.63. The summed E-state index contributed by atoms with van der Waals surface area (Å²) < 4.78 is 28.2. The number of hydrogen-bond acceptors (Lipinski definition) is 4. The molecule has 0 radical (unpaired) electrons. The Morgan fingerprint density at radius 1 is 0.897 bits per heavy atom. The maximum atomic E-state index is 12.9. The van der Waals surface area contributed by atoms with Crippen LogP contribution >= 0.6 is 39.1 Å². The molecule has 0 unspecified atom stereocenters. The molecule has 4 rings (SSSR count). The minimum Gasteiger partial charge on any atom is -0.269 e. The highest BCUT2D eigenvalue weighted by molar-refractivity contribution is 9.10. The van der Waals surface area contributed by atoms with E-state index in [0.717, 1.165) is 21.2 Å². The second-order valence-corrected chi connectivity index (χ2v) is 7.01. The number of alkyl halides is 2. The maximum absolute atomic E-state index is 12.9. The lowest BCUT2D eigenvalue weighted by Crippen LogP contribution is -2.18. The number of fused-ring (bicyclic) bond motifs is 2. The number of halogens is 5. The summed E-state index contributed by atoms with van der Waals surface area (Å²) >= 11 is 14.3. The van der Waals surface area contributed by atoms with E-state index in [0.29, 0.717) is 22.7 Å². The molecule has 11 heteroatoms. The van der Waals surface area contributed by atoms with Gasteiger partial charge in [0.05, 0.1) is 23.1 Å². The van der Waals surface area contributed by atoms with Gasteiger partial charge < -0.3 is 0 Å². The summed E-state index contributed by atoms with van der Waals surface area (Å²) in [7, 11) is 0. The molecule has 4 aromatic heterocycles. The van der Waals surface area contributed by atoms with Crippen LogP contribution in [-0.4, -0.2) is 18.8 Å². The molecule has 0 bridgehead atoms. The smallest absolute Gasteiger partial charge is 0.269 e. The second-order valence-electron chi connectivity index (χ2n) is 5.68. The molecule has 4 heterocycles. The Kier molecular flexibility index (Phi) is 6.61. The van der Waals surface area contributed by atoms with E-state index in [1.54, 1.807) is 0 Å². The molecule has 0 aliphatic carbocycles. The highest BCUT2D eigenvalue weighted by atomic mass is 79.9. The first-order chi connectivity index (χ1) is 13.8. The van der Waals surface area contributed by atoms with Crippen LogP contribution in [0.2, 0.25) is 0 Å². The van der Waals surface area contributed by atoms with Gasteiger partial charge in [0.2, 0.25) is 0 Å². The van der Waals surface area contributed by atoms with Crippen molar-refractivity contribution in [3.05, 3.63) is 90.9 Å². The number of pyridine rings is 2. The van der Waals surface area contributed by atoms with Crippen molar-refractivity contribution in [2.75, 3.05) is 0 Å². The van der Waals surface area contributed by atoms with Gasteiger partial charge in [0, 0.05) is 18.5 Å². The predicted octanol–water partition coefficient (Wildman–Crippen LogP) is 3.91. The molecule has 0 atom stereocenters. The maximum Gasteiger partial charge on any atom is 0.272 e. The minimum absolute atomic E-state index is 0.129.